The second-order valence-corrected chi connectivity index (χ2v) is 8.47. The SMILES string of the molecule is CCc1ccc(-c2cc3cc(C=O)ccc3n2C(=O)OC(C)(C)C)c2c1CNC2. The van der Waals surface area contributed by atoms with E-state index in [9.17, 15) is 9.59 Å². The summed E-state index contributed by atoms with van der Waals surface area (Å²) in [5.41, 5.74) is 6.40. The second kappa shape index (κ2) is 7.16. The van der Waals surface area contributed by atoms with E-state index in [1.165, 1.54) is 16.7 Å². The fourth-order valence-electron chi connectivity index (χ4n) is 4.06. The number of hydrogen-bond acceptors (Lipinski definition) is 4. The molecule has 1 aliphatic heterocycles. The predicted molar refractivity (Wildman–Crippen MR) is 114 cm³/mol. The van der Waals surface area contributed by atoms with Gasteiger partial charge in [0.15, 0.2) is 0 Å². The van der Waals surface area contributed by atoms with Crippen molar-refractivity contribution < 1.29 is 14.3 Å². The number of carbonyl (C=O) groups excluding carboxylic acids is 2. The Kier molecular flexibility index (Phi) is 4.79. The lowest BCUT2D eigenvalue weighted by molar-refractivity contribution is 0.0547. The number of aromatic nitrogens is 1. The minimum absolute atomic E-state index is 0.416. The van der Waals surface area contributed by atoms with Gasteiger partial charge in [0.05, 0.1) is 11.2 Å². The molecular weight excluding hydrogens is 364 g/mol. The van der Waals surface area contributed by atoms with E-state index < -0.39 is 11.7 Å². The van der Waals surface area contributed by atoms with Crippen LogP contribution in [0.15, 0.2) is 36.4 Å². The zero-order valence-corrected chi connectivity index (χ0v) is 17.3. The molecule has 0 unspecified atom stereocenters. The Morgan fingerprint density at radius 3 is 2.59 bits per heavy atom. The highest BCUT2D eigenvalue weighted by molar-refractivity contribution is 5.98. The first-order valence-electron chi connectivity index (χ1n) is 10.0. The molecule has 0 bridgehead atoms. The normalized spacial score (nSPS) is 13.5. The van der Waals surface area contributed by atoms with Crippen LogP contribution in [0.1, 0.15) is 54.7 Å². The van der Waals surface area contributed by atoms with Crippen LogP contribution < -0.4 is 5.32 Å². The van der Waals surface area contributed by atoms with Gasteiger partial charge in [0.25, 0.3) is 0 Å². The number of nitrogens with one attached hydrogen (secondary N) is 1. The van der Waals surface area contributed by atoms with Crippen LogP contribution in [-0.4, -0.2) is 22.5 Å². The van der Waals surface area contributed by atoms with Gasteiger partial charge in [-0.05, 0) is 68.1 Å². The second-order valence-electron chi connectivity index (χ2n) is 8.47. The van der Waals surface area contributed by atoms with Gasteiger partial charge in [-0.2, -0.15) is 0 Å². The quantitative estimate of drug-likeness (QED) is 0.634. The third-order valence-electron chi connectivity index (χ3n) is 5.33. The maximum Gasteiger partial charge on any atom is 0.419 e. The first-order chi connectivity index (χ1) is 13.8. The average Bonchev–Trinajstić information content (AvgIpc) is 3.30. The van der Waals surface area contributed by atoms with Gasteiger partial charge in [-0.1, -0.05) is 19.1 Å². The lowest BCUT2D eigenvalue weighted by atomic mass is 9.95. The zero-order chi connectivity index (χ0) is 20.8. The van der Waals surface area contributed by atoms with Crippen LogP contribution >= 0.6 is 0 Å². The van der Waals surface area contributed by atoms with E-state index in [-0.39, 0.29) is 0 Å². The molecule has 29 heavy (non-hydrogen) atoms. The molecule has 1 N–H and O–H groups in total. The van der Waals surface area contributed by atoms with Gasteiger partial charge >= 0.3 is 6.09 Å². The highest BCUT2D eigenvalue weighted by Gasteiger charge is 2.26. The van der Waals surface area contributed by atoms with E-state index >= 15 is 0 Å². The smallest absolute Gasteiger partial charge is 0.419 e. The molecule has 1 aliphatic rings. The molecule has 0 fully saturated rings. The number of fused-ring (bicyclic) bond motifs is 2. The van der Waals surface area contributed by atoms with Crippen molar-refractivity contribution in [1.82, 2.24) is 9.88 Å². The Labute approximate surface area is 170 Å². The summed E-state index contributed by atoms with van der Waals surface area (Å²) >= 11 is 0. The lowest BCUT2D eigenvalue weighted by Gasteiger charge is -2.21. The summed E-state index contributed by atoms with van der Waals surface area (Å²) in [6, 6.07) is 11.6. The number of benzene rings is 2. The van der Waals surface area contributed by atoms with Crippen LogP contribution in [0, 0.1) is 0 Å². The number of aryl methyl sites for hydroxylation is 1. The van der Waals surface area contributed by atoms with E-state index in [0.717, 1.165) is 48.0 Å². The molecular formula is C24H26N2O3. The first kappa shape index (κ1) is 19.4. The highest BCUT2D eigenvalue weighted by atomic mass is 16.6. The van der Waals surface area contributed by atoms with Gasteiger partial charge in [-0.15, -0.1) is 0 Å². The molecule has 0 saturated heterocycles. The average molecular weight is 390 g/mol. The van der Waals surface area contributed by atoms with Crippen molar-refractivity contribution in [1.29, 1.82) is 0 Å². The van der Waals surface area contributed by atoms with E-state index in [0.29, 0.717) is 5.56 Å². The van der Waals surface area contributed by atoms with Gasteiger partial charge in [0.1, 0.15) is 11.9 Å². The van der Waals surface area contributed by atoms with Crippen LogP contribution in [0.25, 0.3) is 22.2 Å². The van der Waals surface area contributed by atoms with Gasteiger partial charge in [0.2, 0.25) is 0 Å². The number of carbonyl (C=O) groups is 2. The maximum atomic E-state index is 13.2. The zero-order valence-electron chi connectivity index (χ0n) is 17.3. The molecule has 0 atom stereocenters. The first-order valence-corrected chi connectivity index (χ1v) is 10.0. The molecule has 5 heteroatoms. The van der Waals surface area contributed by atoms with Crippen LogP contribution in [0.3, 0.4) is 0 Å². The third-order valence-corrected chi connectivity index (χ3v) is 5.33. The van der Waals surface area contributed by atoms with Crippen molar-refractivity contribution in [2.75, 3.05) is 0 Å². The number of aldehydes is 1. The summed E-state index contributed by atoms with van der Waals surface area (Å²) < 4.78 is 7.35. The molecule has 0 amide bonds. The Bertz CT molecular complexity index is 1120. The topological polar surface area (TPSA) is 60.3 Å². The fourth-order valence-corrected chi connectivity index (χ4v) is 4.06. The van der Waals surface area contributed by atoms with Crippen molar-refractivity contribution in [2.45, 2.75) is 52.8 Å². The summed E-state index contributed by atoms with van der Waals surface area (Å²) in [5.74, 6) is 0. The Morgan fingerprint density at radius 2 is 1.90 bits per heavy atom. The summed E-state index contributed by atoms with van der Waals surface area (Å²) in [7, 11) is 0. The Hall–Kier alpha value is -2.92. The lowest BCUT2D eigenvalue weighted by Crippen LogP contribution is -2.27. The molecule has 4 rings (SSSR count). The Morgan fingerprint density at radius 1 is 1.14 bits per heavy atom. The minimum Gasteiger partial charge on any atom is -0.443 e. The van der Waals surface area contributed by atoms with E-state index in [1.54, 1.807) is 10.6 Å². The van der Waals surface area contributed by atoms with Crippen molar-refractivity contribution in [3.8, 4) is 11.3 Å². The van der Waals surface area contributed by atoms with Crippen molar-refractivity contribution >= 4 is 23.3 Å². The standard InChI is InChI=1S/C24H26N2O3/c1-5-16-7-8-18(20-13-25-12-19(16)20)22-11-17-10-15(14-27)6-9-21(17)26(22)23(28)29-24(2,3)4/h6-11,14,25H,5,12-13H2,1-4H3. The van der Waals surface area contributed by atoms with E-state index in [2.05, 4.69) is 24.4 Å². The predicted octanol–water partition coefficient (Wildman–Crippen LogP) is 5.07. The fraction of sp³-hybridized carbons (Fsp3) is 0.333. The molecule has 0 aliphatic carbocycles. The van der Waals surface area contributed by atoms with E-state index in [1.807, 2.05) is 39.0 Å². The number of rotatable bonds is 3. The Balaban J connectivity index is 1.97. The summed E-state index contributed by atoms with van der Waals surface area (Å²) in [4.78, 5) is 24.4. The molecule has 0 radical (unpaired) electrons. The molecule has 0 spiro atoms. The molecule has 2 aromatic carbocycles. The summed E-state index contributed by atoms with van der Waals surface area (Å²) in [6.45, 7) is 9.35. The number of ether oxygens (including phenoxy) is 1. The minimum atomic E-state index is -0.608. The number of nitrogens with zero attached hydrogens (tertiary/aromatic N) is 1. The van der Waals surface area contributed by atoms with Crippen LogP contribution in [0.5, 0.6) is 0 Å². The molecule has 2 heterocycles. The van der Waals surface area contributed by atoms with Crippen LogP contribution in [0.2, 0.25) is 0 Å². The van der Waals surface area contributed by atoms with Crippen LogP contribution in [-0.2, 0) is 24.2 Å². The van der Waals surface area contributed by atoms with Gasteiger partial charge in [0, 0.05) is 29.6 Å². The van der Waals surface area contributed by atoms with Gasteiger partial charge in [-0.25, -0.2) is 9.36 Å². The molecule has 3 aromatic rings. The van der Waals surface area contributed by atoms with E-state index in [4.69, 9.17) is 4.74 Å². The van der Waals surface area contributed by atoms with Crippen molar-refractivity contribution in [2.24, 2.45) is 0 Å². The van der Waals surface area contributed by atoms with Gasteiger partial charge < -0.3 is 10.1 Å². The van der Waals surface area contributed by atoms with Crippen LogP contribution in [0.4, 0.5) is 4.79 Å². The molecule has 150 valence electrons. The number of hydrogen-bond donors (Lipinski definition) is 1. The maximum absolute atomic E-state index is 13.2. The third kappa shape index (κ3) is 3.47. The monoisotopic (exact) mass is 390 g/mol. The molecule has 5 nitrogen and oxygen atoms in total. The molecule has 0 saturated carbocycles. The summed E-state index contributed by atoms with van der Waals surface area (Å²) in [6.07, 6.45) is 1.38. The van der Waals surface area contributed by atoms with Crippen molar-refractivity contribution in [3.63, 3.8) is 0 Å². The largest absolute Gasteiger partial charge is 0.443 e. The molecule has 1 aromatic heterocycles. The highest BCUT2D eigenvalue weighted by Crippen LogP contribution is 2.36. The van der Waals surface area contributed by atoms with Crippen molar-refractivity contribution in [3.05, 3.63) is 58.7 Å². The van der Waals surface area contributed by atoms with Gasteiger partial charge in [-0.3, -0.25) is 4.79 Å². The summed E-state index contributed by atoms with van der Waals surface area (Å²) in [5, 5.41) is 4.28.